The first-order valence-electron chi connectivity index (χ1n) is 8.67. The Balaban J connectivity index is 2.02. The van der Waals surface area contributed by atoms with Gasteiger partial charge in [-0.3, -0.25) is 9.59 Å². The molecule has 0 heterocycles. The number of hydrogen-bond acceptors (Lipinski definition) is 5. The van der Waals surface area contributed by atoms with E-state index in [9.17, 15) is 22.8 Å². The number of carbonyl (C=O) groups excluding carboxylic acids is 2. The lowest BCUT2D eigenvalue weighted by atomic mass is 10.1. The number of nitrogens with one attached hydrogen (secondary N) is 2. The third kappa shape index (κ3) is 5.97. The maximum atomic E-state index is 13.0. The minimum absolute atomic E-state index is 0.192. The number of halogens is 3. The molecule has 2 rings (SSSR count). The Morgan fingerprint density at radius 2 is 1.77 bits per heavy atom. The third-order valence-electron chi connectivity index (χ3n) is 3.92. The number of methoxy groups -OCH3 is 2. The van der Waals surface area contributed by atoms with Gasteiger partial charge < -0.3 is 14.8 Å². The SMILES string of the molecule is COc1ccc(C(=O)N/N=C(/C)CC(=O)Nc2ccccc2C(F)(F)F)c(OC)c1. The van der Waals surface area contributed by atoms with Crippen LogP contribution in [0.4, 0.5) is 18.9 Å². The van der Waals surface area contributed by atoms with E-state index in [0.29, 0.717) is 5.75 Å². The van der Waals surface area contributed by atoms with E-state index in [2.05, 4.69) is 15.8 Å². The summed E-state index contributed by atoms with van der Waals surface area (Å²) in [4.78, 5) is 24.4. The number of alkyl halides is 3. The van der Waals surface area contributed by atoms with Gasteiger partial charge in [-0.2, -0.15) is 18.3 Å². The van der Waals surface area contributed by atoms with E-state index < -0.39 is 23.6 Å². The largest absolute Gasteiger partial charge is 0.497 e. The highest BCUT2D eigenvalue weighted by atomic mass is 19.4. The fraction of sp³-hybridized carbons (Fsp3) is 0.250. The number of hydrogen-bond donors (Lipinski definition) is 2. The van der Waals surface area contributed by atoms with Crippen molar-refractivity contribution in [3.05, 3.63) is 53.6 Å². The van der Waals surface area contributed by atoms with Gasteiger partial charge >= 0.3 is 6.18 Å². The van der Waals surface area contributed by atoms with Crippen molar-refractivity contribution in [3.63, 3.8) is 0 Å². The second-order valence-electron chi connectivity index (χ2n) is 6.12. The maximum absolute atomic E-state index is 13.0. The molecule has 0 aliphatic rings. The van der Waals surface area contributed by atoms with Crippen molar-refractivity contribution in [3.8, 4) is 11.5 Å². The van der Waals surface area contributed by atoms with Crippen LogP contribution >= 0.6 is 0 Å². The molecule has 7 nitrogen and oxygen atoms in total. The van der Waals surface area contributed by atoms with Crippen molar-refractivity contribution in [1.82, 2.24) is 5.43 Å². The van der Waals surface area contributed by atoms with Gasteiger partial charge in [-0.05, 0) is 31.2 Å². The molecule has 2 amide bonds. The Bertz CT molecular complexity index is 959. The molecule has 0 aliphatic carbocycles. The summed E-state index contributed by atoms with van der Waals surface area (Å²) < 4.78 is 49.2. The molecule has 0 unspecified atom stereocenters. The van der Waals surface area contributed by atoms with Gasteiger partial charge in [-0.1, -0.05) is 12.1 Å². The van der Waals surface area contributed by atoms with Gasteiger partial charge in [0.05, 0.1) is 37.5 Å². The summed E-state index contributed by atoms with van der Waals surface area (Å²) >= 11 is 0. The minimum atomic E-state index is -4.60. The molecule has 2 N–H and O–H groups in total. The van der Waals surface area contributed by atoms with E-state index in [1.807, 2.05) is 0 Å². The van der Waals surface area contributed by atoms with E-state index in [1.165, 1.54) is 45.4 Å². The molecule has 0 saturated carbocycles. The van der Waals surface area contributed by atoms with Crippen LogP contribution in [0.25, 0.3) is 0 Å². The van der Waals surface area contributed by atoms with Crippen LogP contribution < -0.4 is 20.2 Å². The van der Waals surface area contributed by atoms with Gasteiger partial charge in [0.1, 0.15) is 11.5 Å². The third-order valence-corrected chi connectivity index (χ3v) is 3.92. The zero-order valence-corrected chi connectivity index (χ0v) is 16.5. The number of nitrogens with zero attached hydrogens (tertiary/aromatic N) is 1. The summed E-state index contributed by atoms with van der Waals surface area (Å²) in [5.41, 5.74) is 1.37. The lowest BCUT2D eigenvalue weighted by Crippen LogP contribution is -2.22. The van der Waals surface area contributed by atoms with E-state index in [-0.39, 0.29) is 29.1 Å². The average molecular weight is 423 g/mol. The molecule has 0 bridgehead atoms. The molecule has 2 aromatic rings. The van der Waals surface area contributed by atoms with Gasteiger partial charge in [0.2, 0.25) is 5.91 Å². The number of carbonyl (C=O) groups is 2. The van der Waals surface area contributed by atoms with Gasteiger partial charge in [0, 0.05) is 11.8 Å². The normalized spacial score (nSPS) is 11.6. The summed E-state index contributed by atoms with van der Waals surface area (Å²) in [6.45, 7) is 1.46. The van der Waals surface area contributed by atoms with Crippen LogP contribution in [-0.4, -0.2) is 31.7 Å². The summed E-state index contributed by atoms with van der Waals surface area (Å²) in [7, 11) is 2.86. The summed E-state index contributed by atoms with van der Waals surface area (Å²) in [5.74, 6) is -0.527. The zero-order chi connectivity index (χ0) is 22.3. The Labute approximate surface area is 170 Å². The van der Waals surface area contributed by atoms with Crippen molar-refractivity contribution in [2.75, 3.05) is 19.5 Å². The first-order valence-corrected chi connectivity index (χ1v) is 8.67. The van der Waals surface area contributed by atoms with E-state index >= 15 is 0 Å². The van der Waals surface area contributed by atoms with Gasteiger partial charge in [0.25, 0.3) is 5.91 Å². The van der Waals surface area contributed by atoms with E-state index in [0.717, 1.165) is 12.1 Å². The molecule has 0 atom stereocenters. The number of rotatable bonds is 7. The van der Waals surface area contributed by atoms with Crippen LogP contribution in [0.5, 0.6) is 11.5 Å². The molecular weight excluding hydrogens is 403 g/mol. The topological polar surface area (TPSA) is 89.0 Å². The van der Waals surface area contributed by atoms with Crippen molar-refractivity contribution < 1.29 is 32.2 Å². The predicted molar refractivity (Wildman–Crippen MR) is 105 cm³/mol. The van der Waals surface area contributed by atoms with Gasteiger partial charge in [-0.25, -0.2) is 5.43 Å². The molecule has 10 heteroatoms. The number of ether oxygens (including phenoxy) is 2. The molecule has 160 valence electrons. The first-order chi connectivity index (χ1) is 14.2. The molecule has 0 spiro atoms. The Morgan fingerprint density at radius 1 is 1.07 bits per heavy atom. The van der Waals surface area contributed by atoms with Crippen molar-refractivity contribution in [1.29, 1.82) is 0 Å². The highest BCUT2D eigenvalue weighted by molar-refractivity contribution is 6.06. The summed E-state index contributed by atoms with van der Waals surface area (Å²) in [5, 5.41) is 6.03. The molecule has 30 heavy (non-hydrogen) atoms. The minimum Gasteiger partial charge on any atom is -0.497 e. The fourth-order valence-electron chi connectivity index (χ4n) is 2.50. The molecule has 0 aliphatic heterocycles. The smallest absolute Gasteiger partial charge is 0.418 e. The summed E-state index contributed by atoms with van der Waals surface area (Å²) in [6.07, 6.45) is -4.91. The molecule has 0 saturated heterocycles. The molecular formula is C20H20F3N3O4. The van der Waals surface area contributed by atoms with Crippen LogP contribution in [-0.2, 0) is 11.0 Å². The lowest BCUT2D eigenvalue weighted by Gasteiger charge is -2.13. The standard InChI is InChI=1S/C20H20F3N3O4/c1-12(10-18(27)24-16-7-5-4-6-15(16)20(21,22)23)25-26-19(28)14-9-8-13(29-2)11-17(14)30-3/h4-9,11H,10H2,1-3H3,(H,24,27)(H,26,28)/b25-12-. The first kappa shape index (κ1) is 22.7. The monoisotopic (exact) mass is 423 g/mol. The lowest BCUT2D eigenvalue weighted by molar-refractivity contribution is -0.137. The number of anilines is 1. The van der Waals surface area contributed by atoms with E-state index in [1.54, 1.807) is 6.07 Å². The van der Waals surface area contributed by atoms with Gasteiger partial charge in [-0.15, -0.1) is 0 Å². The van der Waals surface area contributed by atoms with Crippen LogP contribution in [0.3, 0.4) is 0 Å². The molecule has 2 aromatic carbocycles. The number of amides is 2. The van der Waals surface area contributed by atoms with Crippen LogP contribution in [0.15, 0.2) is 47.6 Å². The second-order valence-corrected chi connectivity index (χ2v) is 6.12. The molecule has 0 fully saturated rings. The Morgan fingerprint density at radius 3 is 2.40 bits per heavy atom. The van der Waals surface area contributed by atoms with Crippen molar-refractivity contribution >= 4 is 23.2 Å². The second kappa shape index (κ2) is 9.77. The molecule has 0 radical (unpaired) electrons. The summed E-state index contributed by atoms with van der Waals surface area (Å²) in [6, 6.07) is 9.22. The molecule has 0 aromatic heterocycles. The number of hydrazone groups is 1. The maximum Gasteiger partial charge on any atom is 0.418 e. The van der Waals surface area contributed by atoms with Crippen LogP contribution in [0, 0.1) is 0 Å². The predicted octanol–water partition coefficient (Wildman–Crippen LogP) is 3.86. The quantitative estimate of drug-likeness (QED) is 0.523. The highest BCUT2D eigenvalue weighted by Crippen LogP contribution is 2.34. The van der Waals surface area contributed by atoms with Crippen LogP contribution in [0.2, 0.25) is 0 Å². The van der Waals surface area contributed by atoms with Gasteiger partial charge in [0.15, 0.2) is 0 Å². The Kier molecular flexibility index (Phi) is 7.40. The average Bonchev–Trinajstić information content (AvgIpc) is 2.70. The fourth-order valence-corrected chi connectivity index (χ4v) is 2.50. The van der Waals surface area contributed by atoms with Crippen LogP contribution in [0.1, 0.15) is 29.3 Å². The van der Waals surface area contributed by atoms with E-state index in [4.69, 9.17) is 9.47 Å². The number of para-hydroxylation sites is 1. The number of benzene rings is 2. The Hall–Kier alpha value is -3.56. The van der Waals surface area contributed by atoms with Crippen molar-refractivity contribution in [2.24, 2.45) is 5.10 Å². The van der Waals surface area contributed by atoms with Crippen molar-refractivity contribution in [2.45, 2.75) is 19.5 Å². The zero-order valence-electron chi connectivity index (χ0n) is 16.5. The highest BCUT2D eigenvalue weighted by Gasteiger charge is 2.33.